The fourth-order valence-electron chi connectivity index (χ4n) is 2.39. The number of carboxylic acids is 1. The summed E-state index contributed by atoms with van der Waals surface area (Å²) in [6.45, 7) is 0. The second kappa shape index (κ2) is 3.16. The molecule has 1 heterocycles. The maximum Gasteiger partial charge on any atom is 0.352 e. The Labute approximate surface area is 95.1 Å². The Kier molecular flexibility index (Phi) is 1.86. The van der Waals surface area contributed by atoms with E-state index in [1.165, 1.54) is 12.1 Å². The summed E-state index contributed by atoms with van der Waals surface area (Å²) in [6.07, 6.45) is 0.614. The minimum absolute atomic E-state index is 0.0550. The van der Waals surface area contributed by atoms with Crippen LogP contribution in [0.4, 0.5) is 4.39 Å². The number of Topliss-reactive ketones (excluding diaryl/α,β-unsaturated/α-hetero) is 1. The number of carboxylic acid groups (broad SMARTS) is 1. The van der Waals surface area contributed by atoms with Crippen LogP contribution in [-0.2, 0) is 6.42 Å². The summed E-state index contributed by atoms with van der Waals surface area (Å²) in [4.78, 5) is 25.4. The van der Waals surface area contributed by atoms with Crippen molar-refractivity contribution in [2.75, 3.05) is 0 Å². The molecular weight excluding hydrogens is 225 g/mol. The van der Waals surface area contributed by atoms with Gasteiger partial charge in [0.25, 0.3) is 0 Å². The Hall–Kier alpha value is -2.17. The highest BCUT2D eigenvalue weighted by atomic mass is 19.1. The summed E-state index contributed by atoms with van der Waals surface area (Å²) in [6, 6.07) is 2.39. The number of aryl methyl sites for hydroxylation is 1. The third-order valence-corrected chi connectivity index (χ3v) is 3.08. The monoisotopic (exact) mass is 233 g/mol. The Balaban J connectivity index is 2.47. The van der Waals surface area contributed by atoms with Crippen LogP contribution in [0.1, 0.15) is 32.8 Å². The Bertz CT molecular complexity index is 672. The first-order chi connectivity index (χ1) is 8.08. The fourth-order valence-corrected chi connectivity index (χ4v) is 2.39. The van der Waals surface area contributed by atoms with E-state index in [0.29, 0.717) is 22.9 Å². The van der Waals surface area contributed by atoms with Gasteiger partial charge in [-0.25, -0.2) is 9.18 Å². The van der Waals surface area contributed by atoms with Crippen molar-refractivity contribution >= 4 is 22.7 Å². The molecule has 86 valence electrons. The maximum absolute atomic E-state index is 13.3. The number of ketones is 1. The Morgan fingerprint density at radius 1 is 1.35 bits per heavy atom. The molecule has 0 fully saturated rings. The van der Waals surface area contributed by atoms with Gasteiger partial charge in [-0.05, 0) is 24.1 Å². The molecule has 5 heteroatoms. The van der Waals surface area contributed by atoms with Crippen molar-refractivity contribution in [1.29, 1.82) is 0 Å². The molecule has 2 N–H and O–H groups in total. The Morgan fingerprint density at radius 2 is 2.12 bits per heavy atom. The fraction of sp³-hybridized carbons (Fsp3) is 0.167. The van der Waals surface area contributed by atoms with Crippen LogP contribution in [0.2, 0.25) is 0 Å². The number of rotatable bonds is 1. The third-order valence-electron chi connectivity index (χ3n) is 3.08. The smallest absolute Gasteiger partial charge is 0.352 e. The van der Waals surface area contributed by atoms with Crippen molar-refractivity contribution in [1.82, 2.24) is 4.98 Å². The topological polar surface area (TPSA) is 70.2 Å². The summed E-state index contributed by atoms with van der Waals surface area (Å²) in [5, 5.41) is 9.59. The number of aromatic amines is 1. The lowest BCUT2D eigenvalue weighted by molar-refractivity contribution is 0.0689. The summed E-state index contributed by atoms with van der Waals surface area (Å²) in [7, 11) is 0. The first-order valence-electron chi connectivity index (χ1n) is 5.18. The van der Waals surface area contributed by atoms with Crippen molar-refractivity contribution in [2.45, 2.75) is 12.8 Å². The number of aromatic carboxylic acids is 1. The van der Waals surface area contributed by atoms with Gasteiger partial charge in [0.2, 0.25) is 0 Å². The number of H-pyrrole nitrogens is 1. The van der Waals surface area contributed by atoms with E-state index in [-0.39, 0.29) is 23.5 Å². The normalized spacial score (nSPS) is 14.3. The van der Waals surface area contributed by atoms with Gasteiger partial charge < -0.3 is 10.1 Å². The van der Waals surface area contributed by atoms with Crippen molar-refractivity contribution in [3.8, 4) is 0 Å². The van der Waals surface area contributed by atoms with E-state index in [4.69, 9.17) is 5.11 Å². The van der Waals surface area contributed by atoms with E-state index < -0.39 is 11.8 Å². The van der Waals surface area contributed by atoms with Gasteiger partial charge in [-0.15, -0.1) is 0 Å². The second-order valence-corrected chi connectivity index (χ2v) is 4.08. The van der Waals surface area contributed by atoms with Crippen LogP contribution >= 0.6 is 0 Å². The van der Waals surface area contributed by atoms with E-state index in [1.54, 1.807) is 0 Å². The second-order valence-electron chi connectivity index (χ2n) is 4.08. The van der Waals surface area contributed by atoms with E-state index in [1.807, 2.05) is 0 Å². The number of carbonyl (C=O) groups excluding carboxylic acids is 1. The van der Waals surface area contributed by atoms with Crippen LogP contribution in [-0.4, -0.2) is 21.8 Å². The summed E-state index contributed by atoms with van der Waals surface area (Å²) >= 11 is 0. The predicted octanol–water partition coefficient (Wildman–Crippen LogP) is 2.13. The van der Waals surface area contributed by atoms with Crippen LogP contribution < -0.4 is 0 Å². The van der Waals surface area contributed by atoms with E-state index in [9.17, 15) is 14.0 Å². The first-order valence-corrected chi connectivity index (χ1v) is 5.18. The highest BCUT2D eigenvalue weighted by Gasteiger charge is 2.26. The van der Waals surface area contributed by atoms with Crippen LogP contribution in [0.15, 0.2) is 12.1 Å². The minimum atomic E-state index is -1.09. The predicted molar refractivity (Wildman–Crippen MR) is 57.9 cm³/mol. The maximum atomic E-state index is 13.3. The Morgan fingerprint density at radius 3 is 2.82 bits per heavy atom. The number of benzene rings is 1. The highest BCUT2D eigenvalue weighted by molar-refractivity contribution is 6.13. The molecule has 0 amide bonds. The van der Waals surface area contributed by atoms with Crippen molar-refractivity contribution in [3.63, 3.8) is 0 Å². The third kappa shape index (κ3) is 1.28. The van der Waals surface area contributed by atoms with Gasteiger partial charge in [-0.2, -0.15) is 0 Å². The summed E-state index contributed by atoms with van der Waals surface area (Å²) in [5.74, 6) is -1.76. The van der Waals surface area contributed by atoms with Gasteiger partial charge in [0.1, 0.15) is 11.5 Å². The van der Waals surface area contributed by atoms with Crippen molar-refractivity contribution in [2.24, 2.45) is 0 Å². The number of nitrogens with one attached hydrogen (secondary N) is 1. The van der Waals surface area contributed by atoms with Crippen molar-refractivity contribution in [3.05, 3.63) is 34.8 Å². The lowest BCUT2D eigenvalue weighted by atomic mass is 9.90. The largest absolute Gasteiger partial charge is 0.477 e. The number of carbonyl (C=O) groups is 2. The average Bonchev–Trinajstić information content (AvgIpc) is 2.63. The molecule has 0 atom stereocenters. The molecule has 1 aliphatic carbocycles. The summed E-state index contributed by atoms with van der Waals surface area (Å²) in [5.41, 5.74) is 1.31. The zero-order valence-electron chi connectivity index (χ0n) is 8.71. The van der Waals surface area contributed by atoms with Gasteiger partial charge in [0.15, 0.2) is 5.78 Å². The average molecular weight is 233 g/mol. The van der Waals surface area contributed by atoms with Gasteiger partial charge in [0.05, 0.1) is 0 Å². The molecule has 0 unspecified atom stereocenters. The van der Waals surface area contributed by atoms with Crippen molar-refractivity contribution < 1.29 is 19.1 Å². The molecule has 17 heavy (non-hydrogen) atoms. The number of hydrogen-bond acceptors (Lipinski definition) is 2. The standard InChI is InChI=1S/C12H8FNO3/c13-5-3-7-9(15)2-1-6-10(7)8(4-5)14-11(6)12(16)17/h3-4,14H,1-2H2,(H,16,17). The quantitative estimate of drug-likeness (QED) is 0.792. The zero-order chi connectivity index (χ0) is 12.2. The van der Waals surface area contributed by atoms with Crippen LogP contribution in [0.5, 0.6) is 0 Å². The van der Waals surface area contributed by atoms with Gasteiger partial charge in [-0.1, -0.05) is 0 Å². The molecule has 1 aromatic carbocycles. The van der Waals surface area contributed by atoms with Gasteiger partial charge in [0, 0.05) is 22.9 Å². The van der Waals surface area contributed by atoms with E-state index in [2.05, 4.69) is 4.98 Å². The summed E-state index contributed by atoms with van der Waals surface area (Å²) < 4.78 is 13.3. The minimum Gasteiger partial charge on any atom is -0.477 e. The number of aromatic nitrogens is 1. The molecule has 1 aliphatic rings. The first kappa shape index (κ1) is 10.0. The molecule has 0 bridgehead atoms. The molecule has 0 saturated carbocycles. The highest BCUT2D eigenvalue weighted by Crippen LogP contribution is 2.32. The lowest BCUT2D eigenvalue weighted by Crippen LogP contribution is -2.10. The molecule has 4 nitrogen and oxygen atoms in total. The lowest BCUT2D eigenvalue weighted by Gasteiger charge is -2.11. The molecule has 2 aromatic rings. The zero-order valence-corrected chi connectivity index (χ0v) is 8.71. The molecule has 1 aromatic heterocycles. The molecule has 0 spiro atoms. The molecule has 0 aliphatic heterocycles. The molecule has 0 saturated heterocycles. The van der Waals surface area contributed by atoms with E-state index >= 15 is 0 Å². The SMILES string of the molecule is O=C(O)c1[nH]c2cc(F)cc3c2c1CCC3=O. The number of hydrogen-bond donors (Lipinski definition) is 2. The number of halogens is 1. The van der Waals surface area contributed by atoms with Gasteiger partial charge in [-0.3, -0.25) is 4.79 Å². The molecule has 3 rings (SSSR count). The van der Waals surface area contributed by atoms with Crippen LogP contribution in [0, 0.1) is 5.82 Å². The van der Waals surface area contributed by atoms with Crippen LogP contribution in [0.25, 0.3) is 10.9 Å². The van der Waals surface area contributed by atoms with E-state index in [0.717, 1.165) is 0 Å². The molecule has 0 radical (unpaired) electrons. The van der Waals surface area contributed by atoms with Gasteiger partial charge >= 0.3 is 5.97 Å². The van der Waals surface area contributed by atoms with Crippen LogP contribution in [0.3, 0.4) is 0 Å². The molecular formula is C12H8FNO3.